The summed E-state index contributed by atoms with van der Waals surface area (Å²) >= 11 is 0. The second kappa shape index (κ2) is 7.71. The predicted octanol–water partition coefficient (Wildman–Crippen LogP) is 3.15. The van der Waals surface area contributed by atoms with Crippen molar-refractivity contribution in [2.75, 3.05) is 13.2 Å². The van der Waals surface area contributed by atoms with Crippen LogP contribution in [0.4, 0.5) is 0 Å². The van der Waals surface area contributed by atoms with E-state index in [9.17, 15) is 9.90 Å². The summed E-state index contributed by atoms with van der Waals surface area (Å²) in [7, 11) is 0. The summed E-state index contributed by atoms with van der Waals surface area (Å²) < 4.78 is 11.8. The van der Waals surface area contributed by atoms with Gasteiger partial charge in [-0.05, 0) is 45.4 Å². The molecule has 0 bridgehead atoms. The van der Waals surface area contributed by atoms with Crippen molar-refractivity contribution in [3.8, 4) is 0 Å². The first-order valence-corrected chi connectivity index (χ1v) is 9.59. The third-order valence-corrected chi connectivity index (χ3v) is 5.73. The lowest BCUT2D eigenvalue weighted by Gasteiger charge is -2.36. The Bertz CT molecular complexity index is 427. The van der Waals surface area contributed by atoms with Gasteiger partial charge in [0, 0.05) is 13.0 Å². The number of nitrogens with one attached hydrogen (secondary N) is 1. The fourth-order valence-electron chi connectivity index (χ4n) is 3.91. The minimum Gasteiger partial charge on any atom is -0.463 e. The highest BCUT2D eigenvalue weighted by Gasteiger charge is 2.54. The second-order valence-corrected chi connectivity index (χ2v) is 8.17. The monoisotopic (exact) mass is 341 g/mol. The van der Waals surface area contributed by atoms with E-state index in [1.165, 1.54) is 19.3 Å². The molecule has 0 radical (unpaired) electrons. The van der Waals surface area contributed by atoms with E-state index in [2.05, 4.69) is 5.32 Å². The van der Waals surface area contributed by atoms with Crippen molar-refractivity contribution >= 4 is 5.97 Å². The summed E-state index contributed by atoms with van der Waals surface area (Å²) in [6.45, 7) is 8.54. The lowest BCUT2D eigenvalue weighted by Crippen LogP contribution is -2.50. The molecule has 0 aromatic carbocycles. The molecule has 1 unspecified atom stereocenters. The number of hydrogen-bond acceptors (Lipinski definition) is 5. The molecule has 0 aromatic rings. The van der Waals surface area contributed by atoms with Crippen LogP contribution in [0.5, 0.6) is 0 Å². The zero-order valence-electron chi connectivity index (χ0n) is 15.8. The first-order valence-electron chi connectivity index (χ1n) is 9.59. The summed E-state index contributed by atoms with van der Waals surface area (Å²) in [6.07, 6.45) is 7.46. The molecule has 5 nitrogen and oxygen atoms in total. The maximum atomic E-state index is 12.9. The van der Waals surface area contributed by atoms with Gasteiger partial charge in [0.05, 0.1) is 12.2 Å². The van der Waals surface area contributed by atoms with Gasteiger partial charge in [-0.1, -0.05) is 33.1 Å². The third kappa shape index (κ3) is 4.70. The molecule has 5 heteroatoms. The summed E-state index contributed by atoms with van der Waals surface area (Å²) in [5.41, 5.74) is -2.60. The normalized spacial score (nSPS) is 28.0. The molecule has 140 valence electrons. The molecule has 1 saturated heterocycles. The molecule has 2 N–H and O–H groups in total. The van der Waals surface area contributed by atoms with E-state index < -0.39 is 16.9 Å². The fraction of sp³-hybridized carbons (Fsp3) is 0.947. The maximum Gasteiger partial charge on any atom is 0.339 e. The van der Waals surface area contributed by atoms with E-state index >= 15 is 0 Å². The summed E-state index contributed by atoms with van der Waals surface area (Å²) in [4.78, 5) is 12.9. The molecule has 2 fully saturated rings. The van der Waals surface area contributed by atoms with Gasteiger partial charge >= 0.3 is 5.97 Å². The summed E-state index contributed by atoms with van der Waals surface area (Å²) in [6, 6.07) is 0. The highest BCUT2D eigenvalue weighted by Crippen LogP contribution is 2.37. The van der Waals surface area contributed by atoms with Crippen LogP contribution in [0.25, 0.3) is 0 Å². The zero-order valence-corrected chi connectivity index (χ0v) is 15.8. The van der Waals surface area contributed by atoms with Crippen LogP contribution in [0.2, 0.25) is 0 Å². The molecular weight excluding hydrogens is 306 g/mol. The van der Waals surface area contributed by atoms with Gasteiger partial charge in [-0.25, -0.2) is 4.79 Å². The van der Waals surface area contributed by atoms with Crippen LogP contribution >= 0.6 is 0 Å². The Morgan fingerprint density at radius 1 is 1.25 bits per heavy atom. The molecular formula is C19H35NO4. The third-order valence-electron chi connectivity index (χ3n) is 5.73. The van der Waals surface area contributed by atoms with E-state index in [4.69, 9.17) is 9.47 Å². The van der Waals surface area contributed by atoms with Gasteiger partial charge in [-0.2, -0.15) is 0 Å². The molecule has 0 spiro atoms. The smallest absolute Gasteiger partial charge is 0.339 e. The quantitative estimate of drug-likeness (QED) is 0.696. The molecule has 1 aliphatic carbocycles. The Hall–Kier alpha value is -0.650. The fourth-order valence-corrected chi connectivity index (χ4v) is 3.91. The summed E-state index contributed by atoms with van der Waals surface area (Å²) in [5.74, 6) is 0.143. The van der Waals surface area contributed by atoms with Gasteiger partial charge < -0.3 is 14.6 Å². The minimum atomic E-state index is -1.10. The SMILES string of the molecule is CCC(O)(CC)CC1(C(=O)OCC2CCCCC2)CNC(C)(C)O1. The van der Waals surface area contributed by atoms with Crippen LogP contribution in [-0.4, -0.2) is 41.2 Å². The Labute approximate surface area is 146 Å². The van der Waals surface area contributed by atoms with E-state index in [-0.39, 0.29) is 12.4 Å². The van der Waals surface area contributed by atoms with E-state index in [0.29, 0.717) is 31.9 Å². The van der Waals surface area contributed by atoms with Gasteiger partial charge in [0.1, 0.15) is 5.72 Å². The van der Waals surface area contributed by atoms with E-state index in [1.807, 2.05) is 27.7 Å². The number of aliphatic hydroxyl groups is 1. The molecule has 1 atom stereocenters. The van der Waals surface area contributed by atoms with Crippen LogP contribution in [-0.2, 0) is 14.3 Å². The van der Waals surface area contributed by atoms with Gasteiger partial charge in [0.25, 0.3) is 0 Å². The van der Waals surface area contributed by atoms with E-state index in [0.717, 1.165) is 12.8 Å². The van der Waals surface area contributed by atoms with Gasteiger partial charge in [-0.3, -0.25) is 5.32 Å². The maximum absolute atomic E-state index is 12.9. The molecule has 24 heavy (non-hydrogen) atoms. The first-order chi connectivity index (χ1) is 11.2. The summed E-state index contributed by atoms with van der Waals surface area (Å²) in [5, 5.41) is 14.0. The molecule has 1 saturated carbocycles. The number of ether oxygens (including phenoxy) is 2. The number of rotatable bonds is 7. The minimum absolute atomic E-state index is 0.271. The average molecular weight is 341 g/mol. The number of hydrogen-bond donors (Lipinski definition) is 2. The topological polar surface area (TPSA) is 67.8 Å². The Balaban J connectivity index is 2.06. The molecule has 0 amide bonds. The number of carbonyl (C=O) groups excluding carboxylic acids is 1. The Morgan fingerprint density at radius 3 is 2.38 bits per heavy atom. The van der Waals surface area contributed by atoms with Crippen molar-refractivity contribution in [3.63, 3.8) is 0 Å². The van der Waals surface area contributed by atoms with Crippen molar-refractivity contribution in [3.05, 3.63) is 0 Å². The van der Waals surface area contributed by atoms with Gasteiger partial charge in [0.2, 0.25) is 0 Å². The predicted molar refractivity (Wildman–Crippen MR) is 93.6 cm³/mol. The van der Waals surface area contributed by atoms with Crippen molar-refractivity contribution in [2.24, 2.45) is 5.92 Å². The first kappa shape index (κ1) is 19.7. The van der Waals surface area contributed by atoms with E-state index in [1.54, 1.807) is 0 Å². The number of carbonyl (C=O) groups is 1. The van der Waals surface area contributed by atoms with Gasteiger partial charge in [-0.15, -0.1) is 0 Å². The second-order valence-electron chi connectivity index (χ2n) is 8.17. The molecule has 1 heterocycles. The zero-order chi connectivity index (χ0) is 17.8. The van der Waals surface area contributed by atoms with Crippen molar-refractivity contribution in [2.45, 2.75) is 96.0 Å². The van der Waals surface area contributed by atoms with Crippen LogP contribution in [0.3, 0.4) is 0 Å². The van der Waals surface area contributed by atoms with Crippen molar-refractivity contribution < 1.29 is 19.4 Å². The molecule has 2 rings (SSSR count). The highest BCUT2D eigenvalue weighted by molar-refractivity contribution is 5.80. The Morgan fingerprint density at radius 2 is 1.88 bits per heavy atom. The van der Waals surface area contributed by atoms with Crippen molar-refractivity contribution in [1.29, 1.82) is 0 Å². The molecule has 0 aromatic heterocycles. The van der Waals surface area contributed by atoms with Gasteiger partial charge in [0.15, 0.2) is 5.60 Å². The van der Waals surface area contributed by atoms with Crippen LogP contribution in [0, 0.1) is 5.92 Å². The van der Waals surface area contributed by atoms with Crippen LogP contribution in [0.15, 0.2) is 0 Å². The average Bonchev–Trinajstić information content (AvgIpc) is 2.89. The lowest BCUT2D eigenvalue weighted by atomic mass is 9.83. The van der Waals surface area contributed by atoms with Crippen LogP contribution < -0.4 is 5.32 Å². The van der Waals surface area contributed by atoms with Crippen LogP contribution in [0.1, 0.15) is 79.1 Å². The van der Waals surface area contributed by atoms with Crippen molar-refractivity contribution in [1.82, 2.24) is 5.32 Å². The standard InChI is InChI=1S/C19H35NO4/c1-5-18(22,6-2)13-19(14-20-17(3,4)24-19)16(21)23-12-15-10-8-7-9-11-15/h15,20,22H,5-14H2,1-4H3. The Kier molecular flexibility index (Phi) is 6.32. The number of esters is 1. The highest BCUT2D eigenvalue weighted by atomic mass is 16.6. The molecule has 1 aliphatic heterocycles. The molecule has 2 aliphatic rings. The lowest BCUT2D eigenvalue weighted by molar-refractivity contribution is -0.187. The largest absolute Gasteiger partial charge is 0.463 e.